The first kappa shape index (κ1) is 16.9. The predicted octanol–water partition coefficient (Wildman–Crippen LogP) is 2.37. The molecule has 3 rings (SSSR count). The SMILES string of the molecule is Cc1cc2ncn(CC(O)CSc3nnnn3C(C)C)c2cc1C. The molecule has 0 saturated heterocycles. The number of imidazole rings is 1. The summed E-state index contributed by atoms with van der Waals surface area (Å²) in [5, 5.41) is 22.8. The molecule has 24 heavy (non-hydrogen) atoms. The number of fused-ring (bicyclic) bond motifs is 1. The summed E-state index contributed by atoms with van der Waals surface area (Å²) < 4.78 is 3.76. The molecule has 1 N–H and O–H groups in total. The molecule has 0 aliphatic heterocycles. The average molecular weight is 346 g/mol. The van der Waals surface area contributed by atoms with E-state index in [1.54, 1.807) is 11.0 Å². The van der Waals surface area contributed by atoms with Gasteiger partial charge < -0.3 is 9.67 Å². The fourth-order valence-corrected chi connectivity index (χ4v) is 3.43. The van der Waals surface area contributed by atoms with E-state index in [0.29, 0.717) is 12.3 Å². The average Bonchev–Trinajstić information content (AvgIpc) is 3.14. The Kier molecular flexibility index (Phi) is 4.86. The number of nitrogens with zero attached hydrogens (tertiary/aromatic N) is 6. The van der Waals surface area contributed by atoms with Gasteiger partial charge in [0.15, 0.2) is 0 Å². The number of tetrazole rings is 1. The number of hydrogen-bond donors (Lipinski definition) is 1. The third-order valence-corrected chi connectivity index (χ3v) is 5.08. The van der Waals surface area contributed by atoms with E-state index in [0.717, 1.165) is 16.2 Å². The van der Waals surface area contributed by atoms with Crippen LogP contribution < -0.4 is 0 Å². The van der Waals surface area contributed by atoms with Crippen LogP contribution in [0.4, 0.5) is 0 Å². The second kappa shape index (κ2) is 6.90. The molecular weight excluding hydrogens is 324 g/mol. The minimum Gasteiger partial charge on any atom is -0.390 e. The number of aryl methyl sites for hydroxylation is 2. The van der Waals surface area contributed by atoms with Crippen molar-refractivity contribution in [3.63, 3.8) is 0 Å². The monoisotopic (exact) mass is 346 g/mol. The summed E-state index contributed by atoms with van der Waals surface area (Å²) in [7, 11) is 0. The van der Waals surface area contributed by atoms with E-state index in [2.05, 4.69) is 46.5 Å². The van der Waals surface area contributed by atoms with E-state index >= 15 is 0 Å². The van der Waals surface area contributed by atoms with Crippen LogP contribution >= 0.6 is 11.8 Å². The largest absolute Gasteiger partial charge is 0.390 e. The maximum Gasteiger partial charge on any atom is 0.209 e. The Morgan fingerprint density at radius 1 is 1.21 bits per heavy atom. The second-order valence-corrected chi connectivity index (χ2v) is 7.27. The molecule has 0 amide bonds. The standard InChI is InChI=1S/C16H22N6OS/c1-10(2)22-16(18-19-20-22)24-8-13(23)7-21-9-17-14-5-11(3)12(4)6-15(14)21/h5-6,9-10,13,23H,7-8H2,1-4H3. The summed E-state index contributed by atoms with van der Waals surface area (Å²) in [6.07, 6.45) is 1.28. The Bertz CT molecular complexity index is 840. The molecule has 1 atom stereocenters. The van der Waals surface area contributed by atoms with Crippen molar-refractivity contribution in [2.75, 3.05) is 5.75 Å². The van der Waals surface area contributed by atoms with Crippen LogP contribution in [0.1, 0.15) is 31.0 Å². The van der Waals surface area contributed by atoms with Crippen LogP contribution in [0.15, 0.2) is 23.6 Å². The third kappa shape index (κ3) is 3.44. The highest BCUT2D eigenvalue weighted by Crippen LogP contribution is 2.21. The summed E-state index contributed by atoms with van der Waals surface area (Å²) in [5.74, 6) is 0.525. The van der Waals surface area contributed by atoms with E-state index in [9.17, 15) is 5.11 Å². The van der Waals surface area contributed by atoms with Gasteiger partial charge in [-0.3, -0.25) is 0 Å². The van der Waals surface area contributed by atoms with Crippen molar-refractivity contribution in [1.82, 2.24) is 29.8 Å². The zero-order chi connectivity index (χ0) is 17.3. The number of thioether (sulfide) groups is 1. The molecule has 1 unspecified atom stereocenters. The summed E-state index contributed by atoms with van der Waals surface area (Å²) in [5.41, 5.74) is 4.46. The fourth-order valence-electron chi connectivity index (χ4n) is 2.51. The van der Waals surface area contributed by atoms with Crippen LogP contribution in [0, 0.1) is 13.8 Å². The maximum absolute atomic E-state index is 10.4. The van der Waals surface area contributed by atoms with Gasteiger partial charge in [-0.05, 0) is 61.4 Å². The lowest BCUT2D eigenvalue weighted by atomic mass is 10.1. The first-order chi connectivity index (χ1) is 11.5. The number of aliphatic hydroxyl groups excluding tert-OH is 1. The van der Waals surface area contributed by atoms with Gasteiger partial charge in [0.1, 0.15) is 0 Å². The van der Waals surface area contributed by atoms with Gasteiger partial charge in [0.05, 0.1) is 36.1 Å². The van der Waals surface area contributed by atoms with Crippen LogP contribution in [0.3, 0.4) is 0 Å². The quantitative estimate of drug-likeness (QED) is 0.690. The van der Waals surface area contributed by atoms with Crippen molar-refractivity contribution in [3.8, 4) is 0 Å². The van der Waals surface area contributed by atoms with Gasteiger partial charge in [-0.25, -0.2) is 9.67 Å². The van der Waals surface area contributed by atoms with Gasteiger partial charge in [-0.15, -0.1) is 5.10 Å². The number of rotatable bonds is 6. The van der Waals surface area contributed by atoms with Crippen molar-refractivity contribution < 1.29 is 5.11 Å². The third-order valence-electron chi connectivity index (χ3n) is 4.00. The first-order valence-electron chi connectivity index (χ1n) is 7.96. The molecular formula is C16H22N6OS. The molecule has 0 radical (unpaired) electrons. The lowest BCUT2D eigenvalue weighted by Crippen LogP contribution is -2.18. The highest BCUT2D eigenvalue weighted by molar-refractivity contribution is 7.99. The van der Waals surface area contributed by atoms with E-state index in [1.165, 1.54) is 22.9 Å². The van der Waals surface area contributed by atoms with Gasteiger partial charge in [-0.1, -0.05) is 11.8 Å². The molecule has 0 aliphatic rings. The van der Waals surface area contributed by atoms with Crippen LogP contribution in [0.25, 0.3) is 11.0 Å². The van der Waals surface area contributed by atoms with E-state index in [4.69, 9.17) is 0 Å². The molecule has 128 valence electrons. The summed E-state index contributed by atoms with van der Waals surface area (Å²) in [4.78, 5) is 4.43. The lowest BCUT2D eigenvalue weighted by molar-refractivity contribution is 0.179. The van der Waals surface area contributed by atoms with E-state index in [1.807, 2.05) is 18.4 Å². The molecule has 0 spiro atoms. The van der Waals surface area contributed by atoms with Crippen molar-refractivity contribution >= 4 is 22.8 Å². The van der Waals surface area contributed by atoms with Crippen LogP contribution in [-0.4, -0.2) is 46.7 Å². The van der Waals surface area contributed by atoms with Gasteiger partial charge >= 0.3 is 0 Å². The normalized spacial score (nSPS) is 13.1. The molecule has 0 bridgehead atoms. The smallest absolute Gasteiger partial charge is 0.209 e. The zero-order valence-electron chi connectivity index (χ0n) is 14.3. The molecule has 0 fully saturated rings. The first-order valence-corrected chi connectivity index (χ1v) is 8.95. The molecule has 2 heterocycles. The topological polar surface area (TPSA) is 81.7 Å². The molecule has 7 nitrogen and oxygen atoms in total. The van der Waals surface area contributed by atoms with Crippen molar-refractivity contribution in [1.29, 1.82) is 0 Å². The van der Waals surface area contributed by atoms with Crippen molar-refractivity contribution in [3.05, 3.63) is 29.6 Å². The molecule has 8 heteroatoms. The van der Waals surface area contributed by atoms with E-state index < -0.39 is 6.10 Å². The van der Waals surface area contributed by atoms with E-state index in [-0.39, 0.29) is 6.04 Å². The Balaban J connectivity index is 1.68. The molecule has 3 aromatic rings. The Labute approximate surface area is 145 Å². The number of benzene rings is 1. The number of aliphatic hydroxyl groups is 1. The Morgan fingerprint density at radius 2 is 1.96 bits per heavy atom. The number of aromatic nitrogens is 6. The van der Waals surface area contributed by atoms with Gasteiger partial charge in [0.2, 0.25) is 5.16 Å². The molecule has 0 saturated carbocycles. The summed E-state index contributed by atoms with van der Waals surface area (Å²) in [6.45, 7) is 8.72. The van der Waals surface area contributed by atoms with Crippen LogP contribution in [0.5, 0.6) is 0 Å². The second-order valence-electron chi connectivity index (χ2n) is 6.29. The Morgan fingerprint density at radius 3 is 2.71 bits per heavy atom. The summed E-state index contributed by atoms with van der Waals surface area (Å²) in [6, 6.07) is 4.40. The number of hydrogen-bond acceptors (Lipinski definition) is 6. The highest BCUT2D eigenvalue weighted by Gasteiger charge is 2.14. The predicted molar refractivity (Wildman–Crippen MR) is 94.1 cm³/mol. The summed E-state index contributed by atoms with van der Waals surface area (Å²) >= 11 is 1.47. The Hall–Kier alpha value is -1.93. The van der Waals surface area contributed by atoms with Gasteiger partial charge in [-0.2, -0.15) is 0 Å². The van der Waals surface area contributed by atoms with Gasteiger partial charge in [0, 0.05) is 5.75 Å². The molecule has 0 aliphatic carbocycles. The lowest BCUT2D eigenvalue weighted by Gasteiger charge is -2.13. The fraction of sp³-hybridized carbons (Fsp3) is 0.500. The zero-order valence-corrected chi connectivity index (χ0v) is 15.2. The molecule has 2 aromatic heterocycles. The minimum atomic E-state index is -0.508. The highest BCUT2D eigenvalue weighted by atomic mass is 32.2. The maximum atomic E-state index is 10.4. The molecule has 1 aromatic carbocycles. The van der Waals surface area contributed by atoms with Crippen molar-refractivity contribution in [2.45, 2.75) is 51.5 Å². The van der Waals surface area contributed by atoms with Crippen LogP contribution in [0.2, 0.25) is 0 Å². The van der Waals surface area contributed by atoms with Gasteiger partial charge in [0.25, 0.3) is 0 Å². The minimum absolute atomic E-state index is 0.198. The van der Waals surface area contributed by atoms with Crippen molar-refractivity contribution in [2.24, 2.45) is 0 Å². The van der Waals surface area contributed by atoms with Crippen LogP contribution in [-0.2, 0) is 6.54 Å².